The van der Waals surface area contributed by atoms with Gasteiger partial charge in [-0.05, 0) is 37.5 Å². The van der Waals surface area contributed by atoms with Gasteiger partial charge in [0.2, 0.25) is 20.8 Å². The molecular formula is C66H134CaO8S2. The van der Waals surface area contributed by atoms with Crippen molar-refractivity contribution < 1.29 is 34.3 Å². The van der Waals surface area contributed by atoms with Crippen LogP contribution >= 0.6 is 0 Å². The van der Waals surface area contributed by atoms with Gasteiger partial charge in [-0.3, -0.25) is 8.37 Å². The number of rotatable bonds is 64. The van der Waals surface area contributed by atoms with E-state index in [0.717, 1.165) is 51.4 Å². The largest absolute Gasteiger partial charge is 2.00 e. The fourth-order valence-corrected chi connectivity index (χ4v) is 11.9. The Morgan fingerprint density at radius 3 is 0.468 bits per heavy atom. The third kappa shape index (κ3) is 77.0. The summed E-state index contributed by atoms with van der Waals surface area (Å²) in [5.74, 6) is 0.397. The first-order valence-electron chi connectivity index (χ1n) is 34.2. The zero-order valence-electron chi connectivity index (χ0n) is 52.4. The SMILES string of the molecule is CCCCCCCCCCCCCCCCCCCCC(CCCCCCCCCCC)COS(=O)(=O)[O-].CCCCCCCCCCCCCCCCCCCCC(CCCCCCCCCCC)COS(=O)(=O)[O-].[Ca+2]. The summed E-state index contributed by atoms with van der Waals surface area (Å²) in [5.41, 5.74) is 0. The molecule has 0 aliphatic rings. The van der Waals surface area contributed by atoms with Gasteiger partial charge in [0.25, 0.3) is 0 Å². The maximum absolute atomic E-state index is 10.9. The minimum atomic E-state index is -4.58. The number of hydrogen-bond acceptors (Lipinski definition) is 8. The number of unbranched alkanes of at least 4 members (excludes halogenated alkanes) is 50. The van der Waals surface area contributed by atoms with Crippen LogP contribution in [0.15, 0.2) is 0 Å². The molecule has 0 N–H and O–H groups in total. The van der Waals surface area contributed by atoms with E-state index in [-0.39, 0.29) is 62.8 Å². The molecule has 0 aromatic rings. The predicted octanol–water partition coefficient (Wildman–Crippen LogP) is 22.5. The minimum absolute atomic E-state index is 0. The van der Waals surface area contributed by atoms with Crippen molar-refractivity contribution in [3.05, 3.63) is 0 Å². The van der Waals surface area contributed by atoms with E-state index < -0.39 is 20.8 Å². The monoisotopic (exact) mass is 1160 g/mol. The third-order valence-corrected chi connectivity index (χ3v) is 17.1. The zero-order chi connectivity index (χ0) is 56.0. The van der Waals surface area contributed by atoms with Gasteiger partial charge in [0.1, 0.15) is 0 Å². The molecule has 0 rings (SSSR count). The number of hydrogen-bond donors (Lipinski definition) is 0. The van der Waals surface area contributed by atoms with Crippen molar-refractivity contribution in [2.24, 2.45) is 11.8 Å². The summed E-state index contributed by atoms with van der Waals surface area (Å²) in [6, 6.07) is 0. The molecular weight excluding hydrogens is 1020 g/mol. The summed E-state index contributed by atoms with van der Waals surface area (Å²) in [4.78, 5) is 0. The molecule has 0 saturated carbocycles. The quantitative estimate of drug-likeness (QED) is 0.0254. The Morgan fingerprint density at radius 1 is 0.234 bits per heavy atom. The molecule has 0 saturated heterocycles. The van der Waals surface area contributed by atoms with Gasteiger partial charge in [0.05, 0.1) is 13.2 Å². The molecule has 0 bridgehead atoms. The van der Waals surface area contributed by atoms with Gasteiger partial charge in [-0.25, -0.2) is 16.8 Å². The fourth-order valence-electron chi connectivity index (χ4n) is 11.1. The van der Waals surface area contributed by atoms with Crippen LogP contribution in [0.3, 0.4) is 0 Å². The Morgan fingerprint density at radius 2 is 0.351 bits per heavy atom. The standard InChI is InChI=1S/2C33H68O4S.Ca/c2*1-3-5-7-9-11-13-14-15-16-17-18-19-20-21-23-25-27-29-31-33(32-37-38(34,35)36)30-28-26-24-22-12-10-8-6-4-2;/h2*33H,3-32H2,1-2H3,(H,34,35,36);/q;;+2/p-2. The van der Waals surface area contributed by atoms with Crippen molar-refractivity contribution in [2.45, 2.75) is 400 Å². The van der Waals surface area contributed by atoms with Crippen LogP contribution in [0.5, 0.6) is 0 Å². The summed E-state index contributed by atoms with van der Waals surface area (Å²) in [6.07, 6.45) is 76.3. The Bertz CT molecular complexity index is 1200. The molecule has 0 aliphatic carbocycles. The van der Waals surface area contributed by atoms with Gasteiger partial charge in [-0.2, -0.15) is 0 Å². The van der Waals surface area contributed by atoms with Crippen LogP contribution < -0.4 is 0 Å². The van der Waals surface area contributed by atoms with Gasteiger partial charge in [-0.15, -0.1) is 0 Å². The Labute approximate surface area is 513 Å². The Balaban J connectivity index is -0.00000140. The normalized spacial score (nSPS) is 12.6. The average Bonchev–Trinajstić information content (AvgIpc) is 3.39. The summed E-state index contributed by atoms with van der Waals surface area (Å²) >= 11 is 0. The molecule has 0 spiro atoms. The molecule has 0 aromatic heterocycles. The Kier molecular flexibility index (Phi) is 72.4. The van der Waals surface area contributed by atoms with Gasteiger partial charge in [0, 0.05) is 0 Å². The van der Waals surface area contributed by atoms with Crippen molar-refractivity contribution in [2.75, 3.05) is 13.2 Å². The average molecular weight is 1160 g/mol. The first-order chi connectivity index (χ1) is 37.0. The van der Waals surface area contributed by atoms with E-state index in [9.17, 15) is 25.9 Å². The van der Waals surface area contributed by atoms with Gasteiger partial charge >= 0.3 is 37.7 Å². The van der Waals surface area contributed by atoms with E-state index in [0.29, 0.717) is 0 Å². The summed E-state index contributed by atoms with van der Waals surface area (Å²) in [5, 5.41) is 0. The van der Waals surface area contributed by atoms with Gasteiger partial charge in [0.15, 0.2) is 0 Å². The van der Waals surface area contributed by atoms with Crippen molar-refractivity contribution >= 4 is 58.5 Å². The second-order valence-electron chi connectivity index (χ2n) is 23.9. The first-order valence-corrected chi connectivity index (χ1v) is 36.9. The van der Waals surface area contributed by atoms with Crippen molar-refractivity contribution in [3.8, 4) is 0 Å². The van der Waals surface area contributed by atoms with E-state index in [1.54, 1.807) is 0 Å². The molecule has 0 radical (unpaired) electrons. The van der Waals surface area contributed by atoms with Crippen LogP contribution in [0.25, 0.3) is 0 Å². The molecule has 0 fully saturated rings. The minimum Gasteiger partial charge on any atom is -0.726 e. The van der Waals surface area contributed by atoms with Crippen LogP contribution in [-0.2, 0) is 29.2 Å². The summed E-state index contributed by atoms with van der Waals surface area (Å²) < 4.78 is 74.8. The second kappa shape index (κ2) is 67.8. The molecule has 11 heteroatoms. The van der Waals surface area contributed by atoms with Crippen molar-refractivity contribution in [1.82, 2.24) is 0 Å². The topological polar surface area (TPSA) is 133 Å². The van der Waals surface area contributed by atoms with Gasteiger partial charge < -0.3 is 9.11 Å². The first kappa shape index (κ1) is 82.2. The van der Waals surface area contributed by atoms with Crippen molar-refractivity contribution in [1.29, 1.82) is 0 Å². The second-order valence-corrected chi connectivity index (χ2v) is 26.1. The molecule has 460 valence electrons. The molecule has 77 heavy (non-hydrogen) atoms. The predicted molar refractivity (Wildman–Crippen MR) is 335 cm³/mol. The van der Waals surface area contributed by atoms with E-state index in [4.69, 9.17) is 0 Å². The van der Waals surface area contributed by atoms with Crippen LogP contribution in [-0.4, -0.2) is 76.9 Å². The van der Waals surface area contributed by atoms with E-state index >= 15 is 0 Å². The van der Waals surface area contributed by atoms with E-state index in [2.05, 4.69) is 36.1 Å². The third-order valence-electron chi connectivity index (χ3n) is 16.3. The molecule has 0 aliphatic heterocycles. The van der Waals surface area contributed by atoms with E-state index in [1.165, 1.54) is 321 Å². The molecule has 0 amide bonds. The van der Waals surface area contributed by atoms with Crippen LogP contribution in [0, 0.1) is 11.8 Å². The molecule has 2 atom stereocenters. The smallest absolute Gasteiger partial charge is 0.726 e. The maximum Gasteiger partial charge on any atom is 2.00 e. The van der Waals surface area contributed by atoms with Crippen LogP contribution in [0.1, 0.15) is 400 Å². The molecule has 0 aromatic carbocycles. The molecule has 8 nitrogen and oxygen atoms in total. The Hall–Kier alpha value is 1.000. The fraction of sp³-hybridized carbons (Fsp3) is 1.00. The van der Waals surface area contributed by atoms with E-state index in [1.807, 2.05) is 0 Å². The molecule has 2 unspecified atom stereocenters. The summed E-state index contributed by atoms with van der Waals surface area (Å²) in [7, 11) is -9.16. The van der Waals surface area contributed by atoms with Crippen LogP contribution in [0.2, 0.25) is 0 Å². The summed E-state index contributed by atoms with van der Waals surface area (Å²) in [6.45, 7) is 9.21. The van der Waals surface area contributed by atoms with Gasteiger partial charge in [-0.1, -0.05) is 374 Å². The maximum atomic E-state index is 10.9. The van der Waals surface area contributed by atoms with Crippen molar-refractivity contribution in [3.63, 3.8) is 0 Å². The molecule has 0 heterocycles. The van der Waals surface area contributed by atoms with Crippen LogP contribution in [0.4, 0.5) is 0 Å². The zero-order valence-corrected chi connectivity index (χ0v) is 56.2.